The third kappa shape index (κ3) is 4.59. The Morgan fingerprint density at radius 1 is 1.17 bits per heavy atom. The molecule has 8 heteroatoms. The molecule has 1 aromatic carbocycles. The number of carbonyl (C=O) groups excluding carboxylic acids is 1. The summed E-state index contributed by atoms with van der Waals surface area (Å²) in [7, 11) is -0.896. The minimum atomic E-state index is -3.79. The predicted octanol–water partition coefficient (Wildman–Crippen LogP) is 1.04. The van der Waals surface area contributed by atoms with Gasteiger partial charge in [-0.1, -0.05) is 12.8 Å². The number of carbonyl (C=O) groups is 1. The molecular weight excluding hydrogens is 320 g/mol. The van der Waals surface area contributed by atoms with Crippen molar-refractivity contribution in [1.29, 1.82) is 0 Å². The van der Waals surface area contributed by atoms with E-state index in [1.54, 1.807) is 0 Å². The Balaban J connectivity index is 1.99. The molecule has 2 N–H and O–H groups in total. The van der Waals surface area contributed by atoms with Crippen molar-refractivity contribution in [1.82, 2.24) is 10.0 Å². The molecular formula is C15H22N2O5S. The quantitative estimate of drug-likeness (QED) is 0.772. The smallest absolute Gasteiger partial charge is 0.241 e. The van der Waals surface area contributed by atoms with Gasteiger partial charge in [-0.25, -0.2) is 13.1 Å². The number of ether oxygens (including phenoxy) is 2. The van der Waals surface area contributed by atoms with E-state index in [4.69, 9.17) is 9.47 Å². The Kier molecular flexibility index (Phi) is 5.84. The number of methoxy groups -OCH3 is 2. The normalized spacial score (nSPS) is 15.4. The minimum Gasteiger partial charge on any atom is -0.493 e. The van der Waals surface area contributed by atoms with Crippen molar-refractivity contribution in [3.8, 4) is 11.5 Å². The van der Waals surface area contributed by atoms with Crippen LogP contribution in [-0.4, -0.2) is 41.1 Å². The highest BCUT2D eigenvalue weighted by molar-refractivity contribution is 7.89. The van der Waals surface area contributed by atoms with E-state index in [2.05, 4.69) is 10.0 Å². The van der Waals surface area contributed by atoms with Crippen LogP contribution < -0.4 is 19.5 Å². The van der Waals surface area contributed by atoms with Crippen molar-refractivity contribution in [2.75, 3.05) is 20.8 Å². The molecule has 1 fully saturated rings. The molecule has 23 heavy (non-hydrogen) atoms. The van der Waals surface area contributed by atoms with Gasteiger partial charge in [0.15, 0.2) is 11.5 Å². The number of hydrogen-bond donors (Lipinski definition) is 2. The maximum atomic E-state index is 12.3. The molecule has 0 radical (unpaired) electrons. The molecule has 0 bridgehead atoms. The first kappa shape index (κ1) is 17.6. The second-order valence-corrected chi connectivity index (χ2v) is 7.16. The van der Waals surface area contributed by atoms with E-state index in [9.17, 15) is 13.2 Å². The van der Waals surface area contributed by atoms with Crippen LogP contribution in [0, 0.1) is 0 Å². The molecule has 0 atom stereocenters. The van der Waals surface area contributed by atoms with Gasteiger partial charge in [0.25, 0.3) is 0 Å². The molecule has 0 unspecified atom stereocenters. The molecule has 0 spiro atoms. The Hall–Kier alpha value is -1.80. The van der Waals surface area contributed by atoms with E-state index in [1.165, 1.54) is 32.4 Å². The molecule has 1 aromatic rings. The third-order valence-electron chi connectivity index (χ3n) is 3.81. The Bertz CT molecular complexity index is 654. The first-order valence-electron chi connectivity index (χ1n) is 7.47. The monoisotopic (exact) mass is 342 g/mol. The lowest BCUT2D eigenvalue weighted by Gasteiger charge is -2.13. The number of rotatable bonds is 7. The highest BCUT2D eigenvalue weighted by atomic mass is 32.2. The molecule has 0 heterocycles. The molecule has 1 aliphatic carbocycles. The SMILES string of the molecule is COc1ccc(S(=O)(=O)NCC(=O)NC2CCCC2)cc1OC. The summed E-state index contributed by atoms with van der Waals surface area (Å²) in [6, 6.07) is 4.42. The topological polar surface area (TPSA) is 93.7 Å². The van der Waals surface area contributed by atoms with Crippen LogP contribution in [0.1, 0.15) is 25.7 Å². The third-order valence-corrected chi connectivity index (χ3v) is 5.21. The summed E-state index contributed by atoms with van der Waals surface area (Å²) in [5.41, 5.74) is 0. The summed E-state index contributed by atoms with van der Waals surface area (Å²) in [5, 5.41) is 2.83. The van der Waals surface area contributed by atoms with Gasteiger partial charge in [-0.3, -0.25) is 4.79 Å². The minimum absolute atomic E-state index is 0.0174. The second kappa shape index (κ2) is 7.65. The number of amides is 1. The van der Waals surface area contributed by atoms with E-state index in [-0.39, 0.29) is 23.4 Å². The van der Waals surface area contributed by atoms with Gasteiger partial charge < -0.3 is 14.8 Å². The number of nitrogens with one attached hydrogen (secondary N) is 2. The average molecular weight is 342 g/mol. The molecule has 1 amide bonds. The van der Waals surface area contributed by atoms with Gasteiger partial charge in [0.2, 0.25) is 15.9 Å². The molecule has 0 aromatic heterocycles. The van der Waals surface area contributed by atoms with Crippen molar-refractivity contribution in [2.24, 2.45) is 0 Å². The van der Waals surface area contributed by atoms with Gasteiger partial charge in [0.05, 0.1) is 25.7 Å². The molecule has 128 valence electrons. The molecule has 1 saturated carbocycles. The standard InChI is InChI=1S/C15H22N2O5S/c1-21-13-8-7-12(9-14(13)22-2)23(19,20)16-10-15(18)17-11-5-3-4-6-11/h7-9,11,16H,3-6,10H2,1-2H3,(H,17,18). The summed E-state index contributed by atoms with van der Waals surface area (Å²) in [5.74, 6) is 0.428. The van der Waals surface area contributed by atoms with Crippen LogP contribution in [0.15, 0.2) is 23.1 Å². The van der Waals surface area contributed by atoms with E-state index in [1.807, 2.05) is 0 Å². The Morgan fingerprint density at radius 2 is 1.83 bits per heavy atom. The fourth-order valence-corrected chi connectivity index (χ4v) is 3.57. The molecule has 2 rings (SSSR count). The van der Waals surface area contributed by atoms with Crippen LogP contribution in [-0.2, 0) is 14.8 Å². The average Bonchev–Trinajstić information content (AvgIpc) is 3.05. The zero-order valence-electron chi connectivity index (χ0n) is 13.3. The summed E-state index contributed by atoms with van der Waals surface area (Å²) in [6.07, 6.45) is 4.10. The Labute approximate surface area is 136 Å². The lowest BCUT2D eigenvalue weighted by Crippen LogP contribution is -2.40. The molecule has 0 aliphatic heterocycles. The zero-order valence-corrected chi connectivity index (χ0v) is 14.1. The van der Waals surface area contributed by atoms with Crippen LogP contribution in [0.2, 0.25) is 0 Å². The van der Waals surface area contributed by atoms with E-state index < -0.39 is 10.0 Å². The van der Waals surface area contributed by atoms with Gasteiger partial charge in [-0.15, -0.1) is 0 Å². The van der Waals surface area contributed by atoms with Crippen molar-refractivity contribution in [3.05, 3.63) is 18.2 Å². The zero-order chi connectivity index (χ0) is 16.9. The maximum Gasteiger partial charge on any atom is 0.241 e. The van der Waals surface area contributed by atoms with E-state index >= 15 is 0 Å². The van der Waals surface area contributed by atoms with Gasteiger partial charge in [-0.2, -0.15) is 0 Å². The van der Waals surface area contributed by atoms with Crippen molar-refractivity contribution >= 4 is 15.9 Å². The molecule has 1 aliphatic rings. The summed E-state index contributed by atoms with van der Waals surface area (Å²) >= 11 is 0. The van der Waals surface area contributed by atoms with E-state index in [0.29, 0.717) is 11.5 Å². The molecule has 7 nitrogen and oxygen atoms in total. The second-order valence-electron chi connectivity index (χ2n) is 5.39. The number of hydrogen-bond acceptors (Lipinski definition) is 5. The van der Waals surface area contributed by atoms with Crippen LogP contribution >= 0.6 is 0 Å². The van der Waals surface area contributed by atoms with E-state index in [0.717, 1.165) is 25.7 Å². The lowest BCUT2D eigenvalue weighted by atomic mass is 10.2. The van der Waals surface area contributed by atoms with Crippen LogP contribution in [0.4, 0.5) is 0 Å². The first-order chi connectivity index (χ1) is 11.0. The van der Waals surface area contributed by atoms with Gasteiger partial charge in [-0.05, 0) is 25.0 Å². The number of sulfonamides is 1. The van der Waals surface area contributed by atoms with Crippen molar-refractivity contribution in [2.45, 2.75) is 36.6 Å². The highest BCUT2D eigenvalue weighted by Crippen LogP contribution is 2.29. The maximum absolute atomic E-state index is 12.3. The lowest BCUT2D eigenvalue weighted by molar-refractivity contribution is -0.120. The Morgan fingerprint density at radius 3 is 2.43 bits per heavy atom. The van der Waals surface area contributed by atoms with Crippen LogP contribution in [0.25, 0.3) is 0 Å². The van der Waals surface area contributed by atoms with Crippen molar-refractivity contribution < 1.29 is 22.7 Å². The van der Waals surface area contributed by atoms with Crippen LogP contribution in [0.3, 0.4) is 0 Å². The molecule has 0 saturated heterocycles. The summed E-state index contributed by atoms with van der Waals surface area (Å²) in [4.78, 5) is 11.8. The largest absolute Gasteiger partial charge is 0.493 e. The summed E-state index contributed by atoms with van der Waals surface area (Å²) in [6.45, 7) is -0.285. The summed E-state index contributed by atoms with van der Waals surface area (Å²) < 4.78 is 37.0. The van der Waals surface area contributed by atoms with Crippen molar-refractivity contribution in [3.63, 3.8) is 0 Å². The fourth-order valence-electron chi connectivity index (χ4n) is 2.58. The number of benzene rings is 1. The fraction of sp³-hybridized carbons (Fsp3) is 0.533. The first-order valence-corrected chi connectivity index (χ1v) is 8.95. The predicted molar refractivity (Wildman–Crippen MR) is 85.1 cm³/mol. The van der Waals surface area contributed by atoms with Gasteiger partial charge >= 0.3 is 0 Å². The van der Waals surface area contributed by atoms with Crippen LogP contribution in [0.5, 0.6) is 11.5 Å². The highest BCUT2D eigenvalue weighted by Gasteiger charge is 2.20. The van der Waals surface area contributed by atoms with Gasteiger partial charge in [0.1, 0.15) is 0 Å². The van der Waals surface area contributed by atoms with Gasteiger partial charge in [0, 0.05) is 12.1 Å².